The SMILES string of the molecule is O=C(NCI)C1CCCO1. The molecular weight excluding hydrogens is 245 g/mol. The van der Waals surface area contributed by atoms with Gasteiger partial charge in [-0.05, 0) is 12.8 Å². The van der Waals surface area contributed by atoms with E-state index in [4.69, 9.17) is 4.74 Å². The Kier molecular flexibility index (Phi) is 3.41. The third kappa shape index (κ3) is 2.09. The molecule has 0 radical (unpaired) electrons. The zero-order chi connectivity index (χ0) is 7.40. The average molecular weight is 255 g/mol. The Morgan fingerprint density at radius 2 is 2.60 bits per heavy atom. The molecule has 0 aliphatic carbocycles. The molecule has 0 aromatic rings. The first-order valence-corrected chi connectivity index (χ1v) is 4.82. The minimum Gasteiger partial charge on any atom is -0.368 e. The molecule has 1 saturated heterocycles. The van der Waals surface area contributed by atoms with E-state index in [-0.39, 0.29) is 12.0 Å². The van der Waals surface area contributed by atoms with Crippen LogP contribution in [0.25, 0.3) is 0 Å². The smallest absolute Gasteiger partial charge is 0.249 e. The average Bonchev–Trinajstić information content (AvgIpc) is 2.38. The van der Waals surface area contributed by atoms with Crippen molar-refractivity contribution < 1.29 is 9.53 Å². The molecule has 1 atom stereocenters. The van der Waals surface area contributed by atoms with Crippen molar-refractivity contribution >= 4 is 28.5 Å². The van der Waals surface area contributed by atoms with Crippen molar-refractivity contribution in [3.05, 3.63) is 0 Å². The molecule has 0 aromatic carbocycles. The van der Waals surface area contributed by atoms with E-state index in [0.29, 0.717) is 4.55 Å². The topological polar surface area (TPSA) is 38.3 Å². The molecule has 10 heavy (non-hydrogen) atoms. The number of carbonyl (C=O) groups excluding carboxylic acids is 1. The van der Waals surface area contributed by atoms with E-state index in [9.17, 15) is 4.79 Å². The maximum atomic E-state index is 11.0. The molecule has 58 valence electrons. The minimum atomic E-state index is -0.172. The molecule has 1 rings (SSSR count). The van der Waals surface area contributed by atoms with Crippen molar-refractivity contribution in [1.82, 2.24) is 5.32 Å². The van der Waals surface area contributed by atoms with Gasteiger partial charge in [0.25, 0.3) is 0 Å². The van der Waals surface area contributed by atoms with E-state index < -0.39 is 0 Å². The Balaban J connectivity index is 2.25. The van der Waals surface area contributed by atoms with Crippen LogP contribution in [-0.4, -0.2) is 23.2 Å². The lowest BCUT2D eigenvalue weighted by Gasteiger charge is -2.06. The highest BCUT2D eigenvalue weighted by Gasteiger charge is 2.22. The van der Waals surface area contributed by atoms with Crippen molar-refractivity contribution in [3.63, 3.8) is 0 Å². The molecule has 1 fully saturated rings. The Hall–Kier alpha value is 0.160. The Morgan fingerprint density at radius 1 is 1.80 bits per heavy atom. The summed E-state index contributed by atoms with van der Waals surface area (Å²) in [7, 11) is 0. The van der Waals surface area contributed by atoms with Crippen LogP contribution in [0.3, 0.4) is 0 Å². The monoisotopic (exact) mass is 255 g/mol. The highest BCUT2D eigenvalue weighted by molar-refractivity contribution is 14.1. The van der Waals surface area contributed by atoms with E-state index in [1.165, 1.54) is 0 Å². The lowest BCUT2D eigenvalue weighted by molar-refractivity contribution is -0.129. The molecule has 1 heterocycles. The first kappa shape index (κ1) is 8.26. The van der Waals surface area contributed by atoms with Crippen LogP contribution in [0.5, 0.6) is 0 Å². The minimum absolute atomic E-state index is 0.0342. The second kappa shape index (κ2) is 4.12. The fraction of sp³-hybridized carbons (Fsp3) is 0.833. The molecule has 1 N–H and O–H groups in total. The van der Waals surface area contributed by atoms with Gasteiger partial charge in [-0.3, -0.25) is 4.79 Å². The molecule has 4 heteroatoms. The summed E-state index contributed by atoms with van der Waals surface area (Å²) in [6, 6.07) is 0. The Labute approximate surface area is 73.6 Å². The number of alkyl halides is 1. The normalized spacial score (nSPS) is 24.7. The maximum Gasteiger partial charge on any atom is 0.249 e. The summed E-state index contributed by atoms with van der Waals surface area (Å²) in [6.45, 7) is 0.735. The zero-order valence-corrected chi connectivity index (χ0v) is 7.76. The van der Waals surface area contributed by atoms with Gasteiger partial charge in [-0.2, -0.15) is 0 Å². The van der Waals surface area contributed by atoms with E-state index >= 15 is 0 Å². The molecule has 1 aliphatic heterocycles. The summed E-state index contributed by atoms with van der Waals surface area (Å²) >= 11 is 2.10. The second-order valence-corrected chi connectivity index (χ2v) is 2.94. The van der Waals surface area contributed by atoms with Crippen molar-refractivity contribution in [3.8, 4) is 0 Å². The number of rotatable bonds is 2. The van der Waals surface area contributed by atoms with E-state index in [1.54, 1.807) is 0 Å². The Bertz CT molecular complexity index is 123. The van der Waals surface area contributed by atoms with Crippen molar-refractivity contribution in [2.45, 2.75) is 18.9 Å². The molecule has 3 nitrogen and oxygen atoms in total. The van der Waals surface area contributed by atoms with Crippen molar-refractivity contribution in [2.24, 2.45) is 0 Å². The van der Waals surface area contributed by atoms with Gasteiger partial charge in [0.05, 0.1) is 4.55 Å². The van der Waals surface area contributed by atoms with Gasteiger partial charge in [-0.1, -0.05) is 22.6 Å². The summed E-state index contributed by atoms with van der Waals surface area (Å²) in [6.07, 6.45) is 1.72. The fourth-order valence-corrected chi connectivity index (χ4v) is 1.34. The molecule has 1 amide bonds. The number of amides is 1. The van der Waals surface area contributed by atoms with Gasteiger partial charge < -0.3 is 10.1 Å². The van der Waals surface area contributed by atoms with Crippen LogP contribution >= 0.6 is 22.6 Å². The van der Waals surface area contributed by atoms with Crippen molar-refractivity contribution in [2.75, 3.05) is 11.2 Å². The van der Waals surface area contributed by atoms with Crippen molar-refractivity contribution in [1.29, 1.82) is 0 Å². The molecule has 0 saturated carbocycles. The van der Waals surface area contributed by atoms with Gasteiger partial charge in [-0.15, -0.1) is 0 Å². The largest absolute Gasteiger partial charge is 0.368 e. The summed E-state index contributed by atoms with van der Waals surface area (Å²) in [5.41, 5.74) is 0. The van der Waals surface area contributed by atoms with Crippen LogP contribution < -0.4 is 5.32 Å². The van der Waals surface area contributed by atoms with Gasteiger partial charge >= 0.3 is 0 Å². The summed E-state index contributed by atoms with van der Waals surface area (Å²) in [5.74, 6) is 0.0342. The third-order valence-electron chi connectivity index (χ3n) is 1.46. The summed E-state index contributed by atoms with van der Waals surface area (Å²) < 4.78 is 5.82. The maximum absolute atomic E-state index is 11.0. The molecule has 1 aliphatic rings. The van der Waals surface area contributed by atoms with Gasteiger partial charge in [0, 0.05) is 6.61 Å². The van der Waals surface area contributed by atoms with Crippen LogP contribution in [0.2, 0.25) is 0 Å². The van der Waals surface area contributed by atoms with Crippen LogP contribution in [0.1, 0.15) is 12.8 Å². The molecule has 0 bridgehead atoms. The number of ether oxygens (including phenoxy) is 1. The van der Waals surface area contributed by atoms with Crippen LogP contribution in [0.4, 0.5) is 0 Å². The predicted octanol–water partition coefficient (Wildman–Crippen LogP) is 0.674. The lowest BCUT2D eigenvalue weighted by Crippen LogP contribution is -2.32. The van der Waals surface area contributed by atoms with E-state index in [1.807, 2.05) is 0 Å². The lowest BCUT2D eigenvalue weighted by atomic mass is 10.2. The molecule has 0 aromatic heterocycles. The predicted molar refractivity (Wildman–Crippen MR) is 46.0 cm³/mol. The molecular formula is C6H10INO2. The van der Waals surface area contributed by atoms with Crippen LogP contribution in [0.15, 0.2) is 0 Å². The van der Waals surface area contributed by atoms with E-state index in [2.05, 4.69) is 27.9 Å². The zero-order valence-electron chi connectivity index (χ0n) is 5.60. The first-order chi connectivity index (χ1) is 4.84. The number of hydrogen-bond acceptors (Lipinski definition) is 2. The van der Waals surface area contributed by atoms with E-state index in [0.717, 1.165) is 19.4 Å². The highest BCUT2D eigenvalue weighted by Crippen LogP contribution is 2.11. The number of carbonyl (C=O) groups is 1. The Morgan fingerprint density at radius 3 is 3.10 bits per heavy atom. The van der Waals surface area contributed by atoms with Gasteiger partial charge in [0.2, 0.25) is 5.91 Å². The van der Waals surface area contributed by atoms with Gasteiger partial charge in [0.1, 0.15) is 6.10 Å². The molecule has 1 unspecified atom stereocenters. The van der Waals surface area contributed by atoms with Crippen LogP contribution in [0, 0.1) is 0 Å². The van der Waals surface area contributed by atoms with Gasteiger partial charge in [-0.25, -0.2) is 0 Å². The number of halogens is 1. The third-order valence-corrected chi connectivity index (χ3v) is 1.84. The van der Waals surface area contributed by atoms with Gasteiger partial charge in [0.15, 0.2) is 0 Å². The molecule has 0 spiro atoms. The highest BCUT2D eigenvalue weighted by atomic mass is 127. The number of nitrogens with one attached hydrogen (secondary N) is 1. The standard InChI is InChI=1S/C6H10INO2/c7-4-8-6(9)5-2-1-3-10-5/h5H,1-4H2,(H,8,9). The number of hydrogen-bond donors (Lipinski definition) is 1. The van der Waals surface area contributed by atoms with Crippen LogP contribution in [-0.2, 0) is 9.53 Å². The summed E-state index contributed by atoms with van der Waals surface area (Å²) in [5, 5.41) is 2.71. The fourth-order valence-electron chi connectivity index (χ4n) is 0.964. The first-order valence-electron chi connectivity index (χ1n) is 3.30. The second-order valence-electron chi connectivity index (χ2n) is 2.18. The quantitative estimate of drug-likeness (QED) is 0.447. The summed E-state index contributed by atoms with van der Waals surface area (Å²) in [4.78, 5) is 11.0.